The van der Waals surface area contributed by atoms with Crippen LogP contribution in [0.4, 0.5) is 13.2 Å². The van der Waals surface area contributed by atoms with Crippen molar-refractivity contribution in [3.05, 3.63) is 34.7 Å². The molecule has 0 amide bonds. The van der Waals surface area contributed by atoms with Gasteiger partial charge in [-0.25, -0.2) is 13.2 Å². The molecule has 1 heterocycles. The third-order valence-corrected chi connectivity index (χ3v) is 2.23. The molecule has 1 aromatic heterocycles. The second kappa shape index (κ2) is 3.66. The van der Waals surface area contributed by atoms with Crippen LogP contribution in [0.15, 0.2) is 18.3 Å². The summed E-state index contributed by atoms with van der Waals surface area (Å²) >= 11 is 5.69. The van der Waals surface area contributed by atoms with E-state index in [4.69, 9.17) is 11.6 Å². The lowest BCUT2D eigenvalue weighted by atomic mass is 10.1. The number of aromatic nitrogens is 2. The van der Waals surface area contributed by atoms with Gasteiger partial charge in [-0.3, -0.25) is 0 Å². The lowest BCUT2D eigenvalue weighted by Gasteiger charge is -2.05. The molecule has 0 spiro atoms. The van der Waals surface area contributed by atoms with E-state index >= 15 is 0 Å². The first kappa shape index (κ1) is 10.2. The lowest BCUT2D eigenvalue weighted by Crippen LogP contribution is -1.94. The molecule has 2 aromatic rings. The Bertz CT molecular complexity index is 516. The number of alkyl halides is 2. The van der Waals surface area contributed by atoms with Gasteiger partial charge in [0.25, 0.3) is 6.43 Å². The Morgan fingerprint density at radius 2 is 2.00 bits per heavy atom. The van der Waals surface area contributed by atoms with Crippen LogP contribution in [-0.4, -0.2) is 10.2 Å². The summed E-state index contributed by atoms with van der Waals surface area (Å²) in [6, 6.07) is 1.79. The molecule has 15 heavy (non-hydrogen) atoms. The highest BCUT2D eigenvalue weighted by Gasteiger charge is 2.16. The molecule has 1 aromatic carbocycles. The summed E-state index contributed by atoms with van der Waals surface area (Å²) in [5.41, 5.74) is -0.570. The smallest absolute Gasteiger partial charge is 0.207 e. The highest BCUT2D eigenvalue weighted by molar-refractivity contribution is 6.35. The highest BCUT2D eigenvalue weighted by Crippen LogP contribution is 2.30. The molecular weight excluding hydrogens is 229 g/mol. The van der Waals surface area contributed by atoms with Crippen LogP contribution in [-0.2, 0) is 0 Å². The van der Waals surface area contributed by atoms with Gasteiger partial charge in [0.15, 0.2) is 0 Å². The van der Waals surface area contributed by atoms with Crippen molar-refractivity contribution in [3.8, 4) is 0 Å². The molecule has 2 nitrogen and oxygen atoms in total. The van der Waals surface area contributed by atoms with Crippen molar-refractivity contribution < 1.29 is 13.2 Å². The fourth-order valence-electron chi connectivity index (χ4n) is 1.29. The third-order valence-electron chi connectivity index (χ3n) is 1.93. The Morgan fingerprint density at radius 3 is 2.67 bits per heavy atom. The first-order valence-electron chi connectivity index (χ1n) is 3.98. The van der Waals surface area contributed by atoms with Crippen LogP contribution in [0.2, 0.25) is 5.02 Å². The van der Waals surface area contributed by atoms with Crippen LogP contribution in [0, 0.1) is 5.82 Å². The number of rotatable bonds is 1. The van der Waals surface area contributed by atoms with E-state index in [-0.39, 0.29) is 15.9 Å². The van der Waals surface area contributed by atoms with Crippen LogP contribution in [0.3, 0.4) is 0 Å². The van der Waals surface area contributed by atoms with Gasteiger partial charge in [0.1, 0.15) is 11.3 Å². The summed E-state index contributed by atoms with van der Waals surface area (Å²) in [6.45, 7) is 0. The van der Waals surface area contributed by atoms with E-state index in [1.807, 2.05) is 0 Å². The maximum absolute atomic E-state index is 13.0. The third kappa shape index (κ3) is 1.74. The second-order valence-corrected chi connectivity index (χ2v) is 3.29. The molecule has 0 bridgehead atoms. The summed E-state index contributed by atoms with van der Waals surface area (Å²) in [5, 5.41) is 7.21. The average molecular weight is 233 g/mol. The van der Waals surface area contributed by atoms with Crippen LogP contribution in [0.25, 0.3) is 10.9 Å². The topological polar surface area (TPSA) is 25.8 Å². The first-order chi connectivity index (χ1) is 7.09. The number of hydrogen-bond donors (Lipinski definition) is 0. The second-order valence-electron chi connectivity index (χ2n) is 2.88. The Kier molecular flexibility index (Phi) is 2.48. The van der Waals surface area contributed by atoms with E-state index in [0.29, 0.717) is 0 Å². The van der Waals surface area contributed by atoms with Gasteiger partial charge in [-0.2, -0.15) is 5.10 Å². The zero-order valence-electron chi connectivity index (χ0n) is 7.22. The maximum Gasteiger partial charge on any atom is 0.266 e. The van der Waals surface area contributed by atoms with Crippen LogP contribution >= 0.6 is 11.6 Å². The van der Waals surface area contributed by atoms with Gasteiger partial charge in [0.05, 0.1) is 11.2 Å². The largest absolute Gasteiger partial charge is 0.266 e. The van der Waals surface area contributed by atoms with E-state index in [0.717, 1.165) is 12.1 Å². The molecule has 0 saturated carbocycles. The molecule has 6 heteroatoms. The maximum atomic E-state index is 13.0. The fourth-order valence-corrected chi connectivity index (χ4v) is 1.47. The minimum Gasteiger partial charge on any atom is -0.207 e. The van der Waals surface area contributed by atoms with Crippen molar-refractivity contribution in [1.82, 2.24) is 10.2 Å². The molecule has 0 aliphatic rings. The van der Waals surface area contributed by atoms with Gasteiger partial charge in [0, 0.05) is 10.9 Å². The molecule has 0 saturated heterocycles. The average Bonchev–Trinajstić information content (AvgIpc) is 2.18. The summed E-state index contributed by atoms with van der Waals surface area (Å²) in [6.07, 6.45) is -1.63. The number of benzene rings is 1. The molecule has 0 aliphatic carbocycles. The van der Waals surface area contributed by atoms with Crippen LogP contribution < -0.4 is 0 Å². The lowest BCUT2D eigenvalue weighted by molar-refractivity contribution is 0.152. The zero-order valence-corrected chi connectivity index (χ0v) is 7.97. The van der Waals surface area contributed by atoms with Crippen molar-refractivity contribution in [2.24, 2.45) is 0 Å². The quantitative estimate of drug-likeness (QED) is 0.753. The van der Waals surface area contributed by atoms with E-state index in [9.17, 15) is 13.2 Å². The number of nitrogens with zero attached hydrogens (tertiary/aromatic N) is 2. The van der Waals surface area contributed by atoms with Gasteiger partial charge in [-0.1, -0.05) is 11.6 Å². The number of hydrogen-bond acceptors (Lipinski definition) is 2. The summed E-state index contributed by atoms with van der Waals surface area (Å²) in [7, 11) is 0. The van der Waals surface area contributed by atoms with Gasteiger partial charge >= 0.3 is 0 Å². The molecule has 0 atom stereocenters. The minimum absolute atomic E-state index is 0.0705. The first-order valence-corrected chi connectivity index (χ1v) is 4.36. The van der Waals surface area contributed by atoms with Crippen molar-refractivity contribution >= 4 is 22.5 Å². The standard InChI is InChI=1S/C9H4ClF3N2/c10-7-3-14-15-8-5(7)1-4(11)2-6(8)9(12)13/h1-3,9H. The van der Waals surface area contributed by atoms with Crippen molar-refractivity contribution in [1.29, 1.82) is 0 Å². The zero-order chi connectivity index (χ0) is 11.0. The Labute approximate surface area is 87.7 Å². The number of halogens is 4. The van der Waals surface area contributed by atoms with E-state index < -0.39 is 17.8 Å². The van der Waals surface area contributed by atoms with Crippen LogP contribution in [0.5, 0.6) is 0 Å². The molecule has 78 valence electrons. The predicted octanol–water partition coefficient (Wildman–Crippen LogP) is 3.36. The Hall–Kier alpha value is -1.36. The molecule has 0 unspecified atom stereocenters. The Balaban J connectivity index is 2.86. The molecule has 0 fully saturated rings. The van der Waals surface area contributed by atoms with E-state index in [1.54, 1.807) is 0 Å². The molecule has 0 aliphatic heterocycles. The van der Waals surface area contributed by atoms with Gasteiger partial charge in [-0.15, -0.1) is 5.10 Å². The van der Waals surface area contributed by atoms with Crippen molar-refractivity contribution in [2.75, 3.05) is 0 Å². The van der Waals surface area contributed by atoms with Crippen molar-refractivity contribution in [2.45, 2.75) is 6.43 Å². The predicted molar refractivity (Wildman–Crippen MR) is 49.5 cm³/mol. The van der Waals surface area contributed by atoms with Gasteiger partial charge in [-0.05, 0) is 12.1 Å². The highest BCUT2D eigenvalue weighted by atomic mass is 35.5. The molecule has 0 radical (unpaired) electrons. The molecular formula is C9H4ClF3N2. The monoisotopic (exact) mass is 232 g/mol. The Morgan fingerprint density at radius 1 is 1.27 bits per heavy atom. The summed E-state index contributed by atoms with van der Waals surface area (Å²) < 4.78 is 38.1. The van der Waals surface area contributed by atoms with Gasteiger partial charge < -0.3 is 0 Å². The number of fused-ring (bicyclic) bond motifs is 1. The summed E-state index contributed by atoms with van der Waals surface area (Å²) in [5.74, 6) is -0.771. The fraction of sp³-hybridized carbons (Fsp3) is 0.111. The van der Waals surface area contributed by atoms with E-state index in [2.05, 4.69) is 10.2 Å². The van der Waals surface area contributed by atoms with Gasteiger partial charge in [0.2, 0.25) is 0 Å². The SMILES string of the molecule is Fc1cc(C(F)F)c2nncc(Cl)c2c1. The minimum atomic E-state index is -2.81. The summed E-state index contributed by atoms with van der Waals surface area (Å²) in [4.78, 5) is 0. The molecule has 2 rings (SSSR count). The van der Waals surface area contributed by atoms with E-state index in [1.165, 1.54) is 6.20 Å². The normalized spacial score (nSPS) is 11.3. The van der Waals surface area contributed by atoms with Crippen LogP contribution in [0.1, 0.15) is 12.0 Å². The van der Waals surface area contributed by atoms with Crippen molar-refractivity contribution in [3.63, 3.8) is 0 Å². The molecule has 0 N–H and O–H groups in total.